The molecule has 1 saturated carbocycles. The number of anilines is 1. The minimum absolute atomic E-state index is 0.00549. The Hall–Kier alpha value is -2.21. The summed E-state index contributed by atoms with van der Waals surface area (Å²) >= 11 is 0. The lowest BCUT2D eigenvalue weighted by Crippen LogP contribution is -2.58. The van der Waals surface area contributed by atoms with Gasteiger partial charge < -0.3 is 21.0 Å². The van der Waals surface area contributed by atoms with Gasteiger partial charge in [0.1, 0.15) is 5.58 Å². The van der Waals surface area contributed by atoms with Gasteiger partial charge in [0.05, 0.1) is 12.3 Å². The fourth-order valence-corrected chi connectivity index (χ4v) is 3.40. The Balaban J connectivity index is 0.000000194. The summed E-state index contributed by atoms with van der Waals surface area (Å²) < 4.78 is 5.12. The smallest absolute Gasteiger partial charge is 0.408 e. The molecule has 138 valence electrons. The fourth-order valence-electron chi connectivity index (χ4n) is 3.40. The van der Waals surface area contributed by atoms with Crippen molar-refractivity contribution in [2.75, 3.05) is 5.73 Å². The van der Waals surface area contributed by atoms with Crippen LogP contribution in [0.2, 0.25) is 0 Å². The van der Waals surface area contributed by atoms with Crippen LogP contribution >= 0.6 is 0 Å². The summed E-state index contributed by atoms with van der Waals surface area (Å²) in [5.74, 6) is 0. The summed E-state index contributed by atoms with van der Waals surface area (Å²) in [6, 6.07) is 7.47. The number of carbonyl (C=O) groups is 1. The van der Waals surface area contributed by atoms with Gasteiger partial charge in [-0.1, -0.05) is 18.9 Å². The lowest BCUT2D eigenvalue weighted by molar-refractivity contribution is 0.0491. The number of hydrogen-bond acceptors (Lipinski definition) is 4. The Morgan fingerprint density at radius 3 is 2.48 bits per heavy atom. The van der Waals surface area contributed by atoms with Gasteiger partial charge in [0, 0.05) is 22.7 Å². The molecule has 3 rings (SSSR count). The van der Waals surface area contributed by atoms with Crippen LogP contribution in [0.25, 0.3) is 11.0 Å². The van der Waals surface area contributed by atoms with Gasteiger partial charge in [-0.3, -0.25) is 4.90 Å². The van der Waals surface area contributed by atoms with Crippen molar-refractivity contribution >= 4 is 22.7 Å². The molecule has 5 N–H and O–H groups in total. The van der Waals surface area contributed by atoms with Crippen molar-refractivity contribution in [3.8, 4) is 0 Å². The molecule has 0 radical (unpaired) electrons. The summed E-state index contributed by atoms with van der Waals surface area (Å²) in [4.78, 5) is 12.8. The minimum Gasteiger partial charge on any atom is -0.465 e. The summed E-state index contributed by atoms with van der Waals surface area (Å²) in [6.07, 6.45) is 4.81. The number of nitrogens with two attached hydrogens (primary N) is 2. The quantitative estimate of drug-likeness (QED) is 0.675. The van der Waals surface area contributed by atoms with Crippen LogP contribution in [0.15, 0.2) is 34.9 Å². The molecule has 2 aromatic rings. The molecule has 1 heterocycles. The van der Waals surface area contributed by atoms with Crippen LogP contribution in [0.4, 0.5) is 10.5 Å². The van der Waals surface area contributed by atoms with E-state index < -0.39 is 6.09 Å². The third-order valence-electron chi connectivity index (χ3n) is 4.57. The summed E-state index contributed by atoms with van der Waals surface area (Å²) in [6.45, 7) is 5.76. The third-order valence-corrected chi connectivity index (χ3v) is 4.57. The lowest BCUT2D eigenvalue weighted by Gasteiger charge is -2.44. The maximum absolute atomic E-state index is 11.3. The topological polar surface area (TPSA) is 106 Å². The second-order valence-electron chi connectivity index (χ2n) is 7.52. The highest BCUT2D eigenvalue weighted by Gasteiger charge is 2.37. The van der Waals surface area contributed by atoms with Crippen molar-refractivity contribution in [1.29, 1.82) is 0 Å². The van der Waals surface area contributed by atoms with E-state index in [2.05, 4.69) is 0 Å². The summed E-state index contributed by atoms with van der Waals surface area (Å²) in [5.41, 5.74) is 12.9. The summed E-state index contributed by atoms with van der Waals surface area (Å²) in [7, 11) is 0. The molecule has 0 saturated heterocycles. The van der Waals surface area contributed by atoms with Crippen LogP contribution in [0.5, 0.6) is 0 Å². The van der Waals surface area contributed by atoms with E-state index in [0.29, 0.717) is 0 Å². The fraction of sp³-hybridized carbons (Fsp3) is 0.526. The highest BCUT2D eigenvalue weighted by atomic mass is 16.4. The van der Waals surface area contributed by atoms with E-state index in [0.717, 1.165) is 42.3 Å². The largest absolute Gasteiger partial charge is 0.465 e. The number of furan rings is 1. The predicted octanol–water partition coefficient (Wildman–Crippen LogP) is 4.05. The Morgan fingerprint density at radius 1 is 1.24 bits per heavy atom. The number of nitrogens with zero attached hydrogens (tertiary/aromatic N) is 1. The van der Waals surface area contributed by atoms with Gasteiger partial charge in [-0.25, -0.2) is 4.79 Å². The SMILES string of the molecule is CC(C)(C)N(C(=O)O)[C@H]1CCCC[C@H]1N.Nc1cccc2occc12. The second-order valence-corrected chi connectivity index (χ2v) is 7.52. The number of amides is 1. The molecule has 25 heavy (non-hydrogen) atoms. The number of fused-ring (bicyclic) bond motifs is 1. The van der Waals surface area contributed by atoms with Gasteiger partial charge >= 0.3 is 6.09 Å². The average molecular weight is 347 g/mol. The van der Waals surface area contributed by atoms with Crippen LogP contribution in [0, 0.1) is 0 Å². The Kier molecular flexibility index (Phi) is 5.95. The zero-order chi connectivity index (χ0) is 18.6. The highest BCUT2D eigenvalue weighted by Crippen LogP contribution is 2.27. The van der Waals surface area contributed by atoms with E-state index >= 15 is 0 Å². The molecule has 0 unspecified atom stereocenters. The monoisotopic (exact) mass is 347 g/mol. The number of carboxylic acid groups (broad SMARTS) is 1. The highest BCUT2D eigenvalue weighted by molar-refractivity contribution is 5.88. The maximum atomic E-state index is 11.3. The van der Waals surface area contributed by atoms with E-state index in [-0.39, 0.29) is 17.6 Å². The maximum Gasteiger partial charge on any atom is 0.408 e. The van der Waals surface area contributed by atoms with Crippen LogP contribution < -0.4 is 11.5 Å². The van der Waals surface area contributed by atoms with Crippen LogP contribution in [-0.2, 0) is 0 Å². The van der Waals surface area contributed by atoms with Crippen LogP contribution in [-0.4, -0.2) is 33.7 Å². The van der Waals surface area contributed by atoms with E-state index in [1.54, 1.807) is 6.26 Å². The first-order valence-electron chi connectivity index (χ1n) is 8.71. The number of benzene rings is 1. The summed E-state index contributed by atoms with van der Waals surface area (Å²) in [5, 5.41) is 10.2. The van der Waals surface area contributed by atoms with Crippen molar-refractivity contribution in [2.24, 2.45) is 5.73 Å². The van der Waals surface area contributed by atoms with Gasteiger partial charge in [-0.2, -0.15) is 0 Å². The Labute approximate surface area is 148 Å². The van der Waals surface area contributed by atoms with Gasteiger partial charge in [0.15, 0.2) is 0 Å². The zero-order valence-corrected chi connectivity index (χ0v) is 15.2. The zero-order valence-electron chi connectivity index (χ0n) is 15.2. The first-order valence-corrected chi connectivity index (χ1v) is 8.71. The van der Waals surface area contributed by atoms with Gasteiger partial charge in [-0.15, -0.1) is 0 Å². The van der Waals surface area contributed by atoms with Crippen molar-refractivity contribution in [1.82, 2.24) is 4.90 Å². The van der Waals surface area contributed by atoms with Crippen LogP contribution in [0.3, 0.4) is 0 Å². The van der Waals surface area contributed by atoms with Gasteiger partial charge in [-0.05, 0) is 51.8 Å². The molecule has 1 amide bonds. The number of hydrogen-bond donors (Lipinski definition) is 3. The predicted molar refractivity (Wildman–Crippen MR) is 100 cm³/mol. The van der Waals surface area contributed by atoms with Crippen molar-refractivity contribution in [3.05, 3.63) is 30.5 Å². The molecule has 0 bridgehead atoms. The third kappa shape index (κ3) is 4.66. The van der Waals surface area contributed by atoms with E-state index in [1.165, 1.54) is 4.90 Å². The molecule has 0 aliphatic heterocycles. The first-order chi connectivity index (χ1) is 11.7. The molecule has 1 aromatic heterocycles. The lowest BCUT2D eigenvalue weighted by atomic mass is 9.87. The number of nitrogen functional groups attached to an aromatic ring is 1. The molecule has 1 aromatic carbocycles. The standard InChI is InChI=1S/C11H22N2O2.C8H7NO/c1-11(2,3)13(10(14)15)9-7-5-4-6-8(9)12;9-7-2-1-3-8-6(7)4-5-10-8/h8-9H,4-7,12H2,1-3H3,(H,14,15);1-5H,9H2/t8-,9+;/m1./s1. The average Bonchev–Trinajstić information content (AvgIpc) is 2.98. The van der Waals surface area contributed by atoms with E-state index in [1.807, 2.05) is 45.0 Å². The van der Waals surface area contributed by atoms with E-state index in [9.17, 15) is 9.90 Å². The van der Waals surface area contributed by atoms with Crippen LogP contribution in [0.1, 0.15) is 46.5 Å². The number of rotatable bonds is 1. The molecule has 2 atom stereocenters. The second kappa shape index (κ2) is 7.78. The molecule has 0 spiro atoms. The van der Waals surface area contributed by atoms with Gasteiger partial charge in [0.25, 0.3) is 0 Å². The molecule has 6 heteroatoms. The minimum atomic E-state index is -0.857. The molecule has 1 aliphatic carbocycles. The first kappa shape index (κ1) is 19.1. The van der Waals surface area contributed by atoms with Gasteiger partial charge in [0.2, 0.25) is 0 Å². The van der Waals surface area contributed by atoms with E-state index in [4.69, 9.17) is 15.9 Å². The molecule has 1 aliphatic rings. The van der Waals surface area contributed by atoms with Crippen molar-refractivity contribution < 1.29 is 14.3 Å². The Bertz CT molecular complexity index is 705. The Morgan fingerprint density at radius 2 is 1.92 bits per heavy atom. The molecule has 6 nitrogen and oxygen atoms in total. The van der Waals surface area contributed by atoms with Crippen molar-refractivity contribution in [3.63, 3.8) is 0 Å². The molecule has 1 fully saturated rings. The molecular weight excluding hydrogens is 318 g/mol. The van der Waals surface area contributed by atoms with Crippen molar-refractivity contribution in [2.45, 2.75) is 64.1 Å². The molecular formula is C19H29N3O3. The normalized spacial score (nSPS) is 20.6.